The summed E-state index contributed by atoms with van der Waals surface area (Å²) in [6.07, 6.45) is -0.380. The van der Waals surface area contributed by atoms with E-state index in [-0.39, 0.29) is 30.4 Å². The minimum absolute atomic E-state index is 0.0835. The van der Waals surface area contributed by atoms with Crippen molar-refractivity contribution in [1.29, 1.82) is 0 Å². The van der Waals surface area contributed by atoms with Gasteiger partial charge in [0.2, 0.25) is 5.91 Å². The number of nitrogens with zero attached hydrogens (tertiary/aromatic N) is 1. The number of nitrogens with one attached hydrogen (secondary N) is 1. The molecule has 1 unspecified atom stereocenters. The number of ether oxygens (including phenoxy) is 1. The fourth-order valence-corrected chi connectivity index (χ4v) is 3.07. The number of carbonyl (C=O) groups is 3. The second kappa shape index (κ2) is 8.44. The summed E-state index contributed by atoms with van der Waals surface area (Å²) >= 11 is 5.83. The number of hydrogen-bond donors (Lipinski definition) is 1. The van der Waals surface area contributed by atoms with Crippen molar-refractivity contribution in [1.82, 2.24) is 5.32 Å². The lowest BCUT2D eigenvalue weighted by Gasteiger charge is -2.30. The van der Waals surface area contributed by atoms with E-state index in [0.29, 0.717) is 28.6 Å². The van der Waals surface area contributed by atoms with Gasteiger partial charge < -0.3 is 15.0 Å². The van der Waals surface area contributed by atoms with Gasteiger partial charge in [-0.15, -0.1) is 0 Å². The highest BCUT2D eigenvalue weighted by Crippen LogP contribution is 2.34. The summed E-state index contributed by atoms with van der Waals surface area (Å²) in [6, 6.07) is 12.2. The Kier molecular flexibility index (Phi) is 5.99. The van der Waals surface area contributed by atoms with Crippen LogP contribution in [0.1, 0.15) is 35.7 Å². The maximum Gasteiger partial charge on any atom is 0.267 e. The minimum atomic E-state index is -0.552. The Morgan fingerprint density at radius 1 is 1.14 bits per heavy atom. The molecular formula is C21H21ClN2O4. The van der Waals surface area contributed by atoms with E-state index >= 15 is 0 Å². The second-order valence-corrected chi connectivity index (χ2v) is 7.10. The van der Waals surface area contributed by atoms with Gasteiger partial charge in [-0.3, -0.25) is 14.4 Å². The molecule has 0 radical (unpaired) electrons. The number of amides is 2. The van der Waals surface area contributed by atoms with Crippen LogP contribution in [0.15, 0.2) is 42.5 Å². The number of halogens is 1. The molecule has 6 nitrogen and oxygen atoms in total. The van der Waals surface area contributed by atoms with E-state index in [0.717, 1.165) is 5.56 Å². The molecule has 0 saturated carbocycles. The SMILES string of the molecule is CC1Oc2ccc(C(=O)CCC(=O)NCc3ccc(Cl)cc3)cc2N(C)C1=O. The number of benzene rings is 2. The molecule has 0 saturated heterocycles. The molecule has 1 heterocycles. The molecule has 1 N–H and O–H groups in total. The molecule has 1 aliphatic heterocycles. The number of ketones is 1. The molecule has 1 atom stereocenters. The molecule has 0 aliphatic carbocycles. The van der Waals surface area contributed by atoms with E-state index in [4.69, 9.17) is 16.3 Å². The molecule has 0 fully saturated rings. The van der Waals surface area contributed by atoms with E-state index in [1.165, 1.54) is 4.90 Å². The monoisotopic (exact) mass is 400 g/mol. The summed E-state index contributed by atoms with van der Waals surface area (Å²) in [5.41, 5.74) is 1.93. The van der Waals surface area contributed by atoms with Gasteiger partial charge in [0.25, 0.3) is 5.91 Å². The summed E-state index contributed by atoms with van der Waals surface area (Å²) in [4.78, 5) is 38.0. The van der Waals surface area contributed by atoms with Crippen molar-refractivity contribution in [2.75, 3.05) is 11.9 Å². The molecule has 2 aromatic rings. The number of Topliss-reactive ketones (excluding diaryl/α,β-unsaturated/α-hetero) is 1. The molecule has 1 aliphatic rings. The standard InChI is InChI=1S/C21H21ClN2O4/c1-13-21(27)24(2)17-11-15(5-9-19(17)28-13)18(25)8-10-20(26)23-12-14-3-6-16(22)7-4-14/h3-7,9,11,13H,8,10,12H2,1-2H3,(H,23,26). The first kappa shape index (κ1) is 19.9. The normalized spacial score (nSPS) is 15.6. The van der Waals surface area contributed by atoms with Crippen LogP contribution in [0.2, 0.25) is 5.02 Å². The molecule has 0 aromatic heterocycles. The van der Waals surface area contributed by atoms with Crippen LogP contribution in [-0.2, 0) is 16.1 Å². The van der Waals surface area contributed by atoms with Crippen molar-refractivity contribution in [3.05, 3.63) is 58.6 Å². The van der Waals surface area contributed by atoms with Crippen LogP contribution >= 0.6 is 11.6 Å². The second-order valence-electron chi connectivity index (χ2n) is 6.67. The van der Waals surface area contributed by atoms with Gasteiger partial charge in [0.05, 0.1) is 5.69 Å². The first-order valence-electron chi connectivity index (χ1n) is 8.98. The Labute approximate surface area is 168 Å². The predicted molar refractivity (Wildman–Crippen MR) is 107 cm³/mol. The van der Waals surface area contributed by atoms with Crippen LogP contribution in [0.25, 0.3) is 0 Å². The third-order valence-electron chi connectivity index (χ3n) is 4.61. The fraction of sp³-hybridized carbons (Fsp3) is 0.286. The Balaban J connectivity index is 1.55. The molecule has 3 rings (SSSR count). The summed E-state index contributed by atoms with van der Waals surface area (Å²) in [5.74, 6) is 0.0279. The molecule has 146 valence electrons. The lowest BCUT2D eigenvalue weighted by molar-refractivity contribution is -0.125. The average molecular weight is 401 g/mol. The van der Waals surface area contributed by atoms with Gasteiger partial charge in [-0.1, -0.05) is 23.7 Å². The van der Waals surface area contributed by atoms with E-state index in [9.17, 15) is 14.4 Å². The molecule has 0 spiro atoms. The molecule has 2 aromatic carbocycles. The molecule has 28 heavy (non-hydrogen) atoms. The van der Waals surface area contributed by atoms with Crippen molar-refractivity contribution in [2.45, 2.75) is 32.4 Å². The lowest BCUT2D eigenvalue weighted by atomic mass is 10.0. The number of hydrogen-bond acceptors (Lipinski definition) is 4. The van der Waals surface area contributed by atoms with Crippen molar-refractivity contribution >= 4 is 34.9 Å². The quantitative estimate of drug-likeness (QED) is 0.754. The fourth-order valence-electron chi connectivity index (χ4n) is 2.95. The first-order chi connectivity index (χ1) is 13.3. The highest BCUT2D eigenvalue weighted by molar-refractivity contribution is 6.30. The zero-order chi connectivity index (χ0) is 20.3. The number of rotatable bonds is 6. The Morgan fingerprint density at radius 2 is 1.86 bits per heavy atom. The van der Waals surface area contributed by atoms with Gasteiger partial charge >= 0.3 is 0 Å². The molecule has 7 heteroatoms. The first-order valence-corrected chi connectivity index (χ1v) is 9.35. The highest BCUT2D eigenvalue weighted by Gasteiger charge is 2.29. The Morgan fingerprint density at radius 3 is 2.57 bits per heavy atom. The van der Waals surface area contributed by atoms with E-state index < -0.39 is 6.10 Å². The summed E-state index contributed by atoms with van der Waals surface area (Å²) in [5, 5.41) is 3.42. The van der Waals surface area contributed by atoms with Crippen molar-refractivity contribution in [3.63, 3.8) is 0 Å². The van der Waals surface area contributed by atoms with Crippen LogP contribution in [0, 0.1) is 0 Å². The Bertz CT molecular complexity index is 911. The topological polar surface area (TPSA) is 75.7 Å². The van der Waals surface area contributed by atoms with Crippen molar-refractivity contribution in [3.8, 4) is 5.75 Å². The zero-order valence-electron chi connectivity index (χ0n) is 15.7. The number of likely N-dealkylation sites (N-methyl/N-ethyl adjacent to an activating group) is 1. The lowest BCUT2D eigenvalue weighted by Crippen LogP contribution is -2.42. The number of carbonyl (C=O) groups excluding carboxylic acids is 3. The van der Waals surface area contributed by atoms with Gasteiger partial charge in [-0.25, -0.2) is 0 Å². The van der Waals surface area contributed by atoms with Gasteiger partial charge in [0.15, 0.2) is 11.9 Å². The summed E-state index contributed by atoms with van der Waals surface area (Å²) < 4.78 is 5.55. The van der Waals surface area contributed by atoms with Gasteiger partial charge in [0.1, 0.15) is 5.75 Å². The third kappa shape index (κ3) is 4.51. The average Bonchev–Trinajstić information content (AvgIpc) is 2.69. The van der Waals surface area contributed by atoms with E-state index in [2.05, 4.69) is 5.32 Å². The molecular weight excluding hydrogens is 380 g/mol. The van der Waals surface area contributed by atoms with Crippen LogP contribution in [0.3, 0.4) is 0 Å². The number of fused-ring (bicyclic) bond motifs is 1. The van der Waals surface area contributed by atoms with Gasteiger partial charge in [-0.05, 0) is 42.8 Å². The van der Waals surface area contributed by atoms with Gasteiger partial charge in [0, 0.05) is 37.0 Å². The minimum Gasteiger partial charge on any atom is -0.479 e. The van der Waals surface area contributed by atoms with E-state index in [1.54, 1.807) is 44.3 Å². The van der Waals surface area contributed by atoms with E-state index in [1.807, 2.05) is 12.1 Å². The van der Waals surface area contributed by atoms with Crippen LogP contribution in [-0.4, -0.2) is 30.7 Å². The zero-order valence-corrected chi connectivity index (χ0v) is 16.5. The van der Waals surface area contributed by atoms with Crippen LogP contribution in [0.4, 0.5) is 5.69 Å². The van der Waals surface area contributed by atoms with Crippen LogP contribution < -0.4 is 15.0 Å². The van der Waals surface area contributed by atoms with Crippen molar-refractivity contribution < 1.29 is 19.1 Å². The smallest absolute Gasteiger partial charge is 0.267 e. The largest absolute Gasteiger partial charge is 0.479 e. The van der Waals surface area contributed by atoms with Crippen LogP contribution in [0.5, 0.6) is 5.75 Å². The number of anilines is 1. The maximum atomic E-state index is 12.5. The molecule has 2 amide bonds. The summed E-state index contributed by atoms with van der Waals surface area (Å²) in [6.45, 7) is 2.06. The van der Waals surface area contributed by atoms with Crippen molar-refractivity contribution in [2.24, 2.45) is 0 Å². The molecule has 0 bridgehead atoms. The van der Waals surface area contributed by atoms with Gasteiger partial charge in [-0.2, -0.15) is 0 Å². The predicted octanol–water partition coefficient (Wildman–Crippen LogP) is 3.36. The highest BCUT2D eigenvalue weighted by atomic mass is 35.5. The summed E-state index contributed by atoms with van der Waals surface area (Å²) in [7, 11) is 1.65. The third-order valence-corrected chi connectivity index (χ3v) is 4.86. The maximum absolute atomic E-state index is 12.5. The Hall–Kier alpha value is -2.86.